The van der Waals surface area contributed by atoms with E-state index < -0.39 is 20.9 Å². The molecule has 3 rings (SSSR count). The highest BCUT2D eigenvalue weighted by Crippen LogP contribution is 2.29. The van der Waals surface area contributed by atoms with Gasteiger partial charge in [0, 0.05) is 38.4 Å². The van der Waals surface area contributed by atoms with E-state index in [2.05, 4.69) is 10.6 Å². The lowest BCUT2D eigenvalue weighted by Gasteiger charge is -2.26. The average Bonchev–Trinajstić information content (AvgIpc) is 2.80. The average molecular weight is 463 g/mol. The molecule has 2 aromatic rings. The molecule has 0 aliphatic carbocycles. The molecule has 32 heavy (non-hydrogen) atoms. The molecule has 1 amide bonds. The molecule has 2 aromatic carbocycles. The van der Waals surface area contributed by atoms with E-state index in [0.29, 0.717) is 26.2 Å². The maximum Gasteiger partial charge on any atom is 0.293 e. The number of para-hydroxylation sites is 1. The Morgan fingerprint density at radius 2 is 1.84 bits per heavy atom. The topological polar surface area (TPSA) is 131 Å². The second-order valence-corrected chi connectivity index (χ2v) is 9.23. The van der Waals surface area contributed by atoms with Crippen molar-refractivity contribution in [3.63, 3.8) is 0 Å². The van der Waals surface area contributed by atoms with E-state index >= 15 is 0 Å². The molecule has 10 nitrogen and oxygen atoms in total. The first kappa shape index (κ1) is 23.6. The third kappa shape index (κ3) is 5.42. The van der Waals surface area contributed by atoms with Crippen molar-refractivity contribution in [2.45, 2.75) is 24.2 Å². The lowest BCUT2D eigenvalue weighted by molar-refractivity contribution is -0.384. The molecular weight excluding hydrogens is 436 g/mol. The summed E-state index contributed by atoms with van der Waals surface area (Å²) in [6.07, 6.45) is 2.57. The van der Waals surface area contributed by atoms with Crippen molar-refractivity contribution in [1.82, 2.24) is 4.31 Å². The maximum absolute atomic E-state index is 13.1. The summed E-state index contributed by atoms with van der Waals surface area (Å²) in [5.74, 6) is -0.641. The number of nitrogens with one attached hydrogen (secondary N) is 2. The number of amides is 1. The summed E-state index contributed by atoms with van der Waals surface area (Å²) >= 11 is 0. The number of piperidine rings is 1. The predicted molar refractivity (Wildman–Crippen MR) is 120 cm³/mol. The van der Waals surface area contributed by atoms with Crippen LogP contribution >= 0.6 is 0 Å². The molecule has 0 unspecified atom stereocenters. The van der Waals surface area contributed by atoms with Gasteiger partial charge in [-0.1, -0.05) is 18.6 Å². The molecule has 1 saturated heterocycles. The molecule has 1 fully saturated rings. The third-order valence-electron chi connectivity index (χ3n) is 5.15. The normalized spacial score (nSPS) is 14.7. The molecule has 0 saturated carbocycles. The molecule has 0 bridgehead atoms. The van der Waals surface area contributed by atoms with E-state index in [1.54, 1.807) is 12.1 Å². The van der Waals surface area contributed by atoms with Crippen LogP contribution in [-0.4, -0.2) is 56.9 Å². The van der Waals surface area contributed by atoms with Crippen molar-refractivity contribution < 1.29 is 22.9 Å². The van der Waals surface area contributed by atoms with Crippen molar-refractivity contribution >= 4 is 33.0 Å². The molecule has 0 aromatic heterocycles. The van der Waals surface area contributed by atoms with Crippen molar-refractivity contribution in [3.05, 3.63) is 58.1 Å². The highest BCUT2D eigenvalue weighted by molar-refractivity contribution is 7.89. The maximum atomic E-state index is 13.1. The number of hydrogen-bond donors (Lipinski definition) is 2. The van der Waals surface area contributed by atoms with Gasteiger partial charge in [0.25, 0.3) is 11.6 Å². The van der Waals surface area contributed by atoms with Crippen molar-refractivity contribution in [3.8, 4) is 0 Å². The summed E-state index contributed by atoms with van der Waals surface area (Å²) in [5.41, 5.74) is 0.173. The van der Waals surface area contributed by atoms with Crippen LogP contribution in [0.15, 0.2) is 47.4 Å². The standard InChI is InChI=1S/C21H26N4O6S/c1-31-14-11-22-17-10-9-16(15-19(17)25(27)28)21(26)23-18-7-3-4-8-20(18)32(29,30)24-12-5-2-6-13-24/h3-4,7-10,15,22H,2,5-6,11-14H2,1H3,(H,23,26). The SMILES string of the molecule is COCCNc1ccc(C(=O)Nc2ccccc2S(=O)(=O)N2CCCCC2)cc1[N+](=O)[O-]. The van der Waals surface area contributed by atoms with E-state index in [1.807, 2.05) is 0 Å². The van der Waals surface area contributed by atoms with E-state index in [4.69, 9.17) is 4.74 Å². The fraction of sp³-hybridized carbons (Fsp3) is 0.381. The smallest absolute Gasteiger partial charge is 0.293 e. The lowest BCUT2D eigenvalue weighted by Crippen LogP contribution is -2.36. The van der Waals surface area contributed by atoms with E-state index in [0.717, 1.165) is 25.3 Å². The van der Waals surface area contributed by atoms with Crippen LogP contribution < -0.4 is 10.6 Å². The molecule has 1 aliphatic heterocycles. The van der Waals surface area contributed by atoms with E-state index in [1.165, 1.54) is 35.7 Å². The molecule has 0 spiro atoms. The van der Waals surface area contributed by atoms with E-state index in [9.17, 15) is 23.3 Å². The largest absolute Gasteiger partial charge is 0.383 e. The number of rotatable bonds is 9. The van der Waals surface area contributed by atoms with Crippen LogP contribution in [0.25, 0.3) is 0 Å². The van der Waals surface area contributed by atoms with Gasteiger partial charge >= 0.3 is 0 Å². The summed E-state index contributed by atoms with van der Waals surface area (Å²) < 4.78 is 32.6. The van der Waals surface area contributed by atoms with Gasteiger partial charge in [-0.2, -0.15) is 4.31 Å². The van der Waals surface area contributed by atoms with Crippen LogP contribution in [0.5, 0.6) is 0 Å². The summed E-state index contributed by atoms with van der Waals surface area (Å²) in [4.78, 5) is 23.7. The second-order valence-electron chi connectivity index (χ2n) is 7.32. The van der Waals surface area contributed by atoms with Gasteiger partial charge in [0.1, 0.15) is 10.6 Å². The zero-order valence-electron chi connectivity index (χ0n) is 17.7. The van der Waals surface area contributed by atoms with Crippen molar-refractivity contribution in [2.24, 2.45) is 0 Å². The number of nitro benzene ring substituents is 1. The number of anilines is 2. The van der Waals surface area contributed by atoms with Gasteiger partial charge in [-0.15, -0.1) is 0 Å². The molecule has 1 aliphatic rings. The highest BCUT2D eigenvalue weighted by Gasteiger charge is 2.28. The van der Waals surface area contributed by atoms with Crippen LogP contribution in [0.3, 0.4) is 0 Å². The van der Waals surface area contributed by atoms with Gasteiger partial charge in [0.2, 0.25) is 10.0 Å². The van der Waals surface area contributed by atoms with Gasteiger partial charge in [-0.05, 0) is 37.1 Å². The molecule has 11 heteroatoms. The van der Waals surface area contributed by atoms with Gasteiger partial charge < -0.3 is 15.4 Å². The fourth-order valence-electron chi connectivity index (χ4n) is 3.49. The number of methoxy groups -OCH3 is 1. The Morgan fingerprint density at radius 1 is 1.12 bits per heavy atom. The first-order valence-electron chi connectivity index (χ1n) is 10.3. The molecule has 1 heterocycles. The van der Waals surface area contributed by atoms with Gasteiger partial charge in [-0.3, -0.25) is 14.9 Å². The summed E-state index contributed by atoms with van der Waals surface area (Å²) in [5, 5.41) is 17.0. The second kappa shape index (κ2) is 10.5. The number of benzene rings is 2. The molecule has 0 atom stereocenters. The Morgan fingerprint density at radius 3 is 2.53 bits per heavy atom. The van der Waals surface area contributed by atoms with Crippen LogP contribution in [0, 0.1) is 10.1 Å². The molecular formula is C21H26N4O6S. The first-order valence-corrected chi connectivity index (χ1v) is 11.7. The van der Waals surface area contributed by atoms with Gasteiger partial charge in [-0.25, -0.2) is 8.42 Å². The number of nitrogens with zero attached hydrogens (tertiary/aromatic N) is 2. The third-order valence-corrected chi connectivity index (χ3v) is 7.10. The van der Waals surface area contributed by atoms with Crippen LogP contribution in [0.2, 0.25) is 0 Å². The number of ether oxygens (including phenoxy) is 1. The highest BCUT2D eigenvalue weighted by atomic mass is 32.2. The number of sulfonamides is 1. The summed E-state index contributed by atoms with van der Waals surface area (Å²) in [6.45, 7) is 1.61. The zero-order chi connectivity index (χ0) is 23.1. The Kier molecular flexibility index (Phi) is 7.78. The van der Waals surface area contributed by atoms with E-state index in [-0.39, 0.29) is 27.5 Å². The monoisotopic (exact) mass is 462 g/mol. The minimum atomic E-state index is -3.77. The minimum absolute atomic E-state index is 0.00241. The van der Waals surface area contributed by atoms with Crippen LogP contribution in [0.4, 0.5) is 17.1 Å². The van der Waals surface area contributed by atoms with Gasteiger partial charge in [0.15, 0.2) is 0 Å². The Balaban J connectivity index is 1.85. The first-order chi connectivity index (χ1) is 15.3. The number of hydrogen-bond acceptors (Lipinski definition) is 7. The minimum Gasteiger partial charge on any atom is -0.383 e. The Labute approximate surface area is 186 Å². The van der Waals surface area contributed by atoms with Crippen molar-refractivity contribution in [1.29, 1.82) is 0 Å². The zero-order valence-corrected chi connectivity index (χ0v) is 18.6. The summed E-state index contributed by atoms with van der Waals surface area (Å²) in [7, 11) is -2.25. The van der Waals surface area contributed by atoms with Crippen LogP contribution in [0.1, 0.15) is 29.6 Å². The lowest BCUT2D eigenvalue weighted by atomic mass is 10.1. The molecule has 172 valence electrons. The Hall–Kier alpha value is -3.02. The van der Waals surface area contributed by atoms with Crippen LogP contribution in [-0.2, 0) is 14.8 Å². The quantitative estimate of drug-likeness (QED) is 0.333. The molecule has 2 N–H and O–H groups in total. The van der Waals surface area contributed by atoms with Crippen molar-refractivity contribution in [2.75, 3.05) is 44.0 Å². The number of nitro groups is 1. The summed E-state index contributed by atoms with van der Waals surface area (Å²) in [6, 6.07) is 10.2. The van der Waals surface area contributed by atoms with Gasteiger partial charge in [0.05, 0.1) is 17.2 Å². The number of carbonyl (C=O) groups is 1. The fourth-order valence-corrected chi connectivity index (χ4v) is 5.16. The Bertz CT molecular complexity index is 1080. The predicted octanol–water partition coefficient (Wildman–Crippen LogP) is 3.08. The molecule has 0 radical (unpaired) electrons. The number of carbonyl (C=O) groups excluding carboxylic acids is 1.